The third-order valence-electron chi connectivity index (χ3n) is 1.53. The van der Waals surface area contributed by atoms with Gasteiger partial charge in [-0.25, -0.2) is 0 Å². The van der Waals surface area contributed by atoms with Crippen molar-refractivity contribution in [1.29, 1.82) is 0 Å². The molecule has 0 aliphatic carbocycles. The van der Waals surface area contributed by atoms with E-state index in [0.717, 1.165) is 12.5 Å². The lowest BCUT2D eigenvalue weighted by Gasteiger charge is -2.18. The second kappa shape index (κ2) is 7.24. The van der Waals surface area contributed by atoms with Gasteiger partial charge in [0.05, 0.1) is 32.8 Å². The van der Waals surface area contributed by atoms with Crippen LogP contribution in [0.3, 0.4) is 0 Å². The first-order valence-electron chi connectivity index (χ1n) is 4.62. The van der Waals surface area contributed by atoms with E-state index >= 15 is 0 Å². The van der Waals surface area contributed by atoms with Gasteiger partial charge >= 0.3 is 0 Å². The molecular formula is C7H17NO7S2. The molecule has 0 aromatic rings. The van der Waals surface area contributed by atoms with Crippen molar-refractivity contribution in [2.24, 2.45) is 0 Å². The van der Waals surface area contributed by atoms with Crippen LogP contribution in [0.25, 0.3) is 0 Å². The summed E-state index contributed by atoms with van der Waals surface area (Å²) in [5, 5.41) is 1.33. The summed E-state index contributed by atoms with van der Waals surface area (Å²) in [5.41, 5.74) is 0. The second-order valence-corrected chi connectivity index (χ2v) is 6.45. The van der Waals surface area contributed by atoms with Crippen LogP contribution in [0.5, 0.6) is 0 Å². The number of hydrogen-bond donors (Lipinski definition) is 0. The number of rotatable bonds is 9. The standard InChI is InChI=1S/C7H17NO7S2/c1-13-8(4-6-14-16(2,9)10)5-7-15-17(3,11)12/h4-7H2,1-3H3. The van der Waals surface area contributed by atoms with Crippen LogP contribution in [-0.4, -0.2) is 67.8 Å². The van der Waals surface area contributed by atoms with E-state index in [1.165, 1.54) is 12.2 Å². The normalized spacial score (nSPS) is 13.2. The number of hydroxylamine groups is 2. The SMILES string of the molecule is CON(CCOS(C)(=O)=O)CCOS(C)(=O)=O. The molecule has 0 aliphatic rings. The largest absolute Gasteiger partial charge is 0.302 e. The van der Waals surface area contributed by atoms with Gasteiger partial charge < -0.3 is 4.84 Å². The van der Waals surface area contributed by atoms with Crippen molar-refractivity contribution < 1.29 is 30.0 Å². The summed E-state index contributed by atoms with van der Waals surface area (Å²) >= 11 is 0. The number of nitrogens with zero attached hydrogens (tertiary/aromatic N) is 1. The maximum absolute atomic E-state index is 10.7. The fourth-order valence-electron chi connectivity index (χ4n) is 0.875. The van der Waals surface area contributed by atoms with Crippen LogP contribution >= 0.6 is 0 Å². The van der Waals surface area contributed by atoms with Gasteiger partial charge in [0, 0.05) is 13.1 Å². The van der Waals surface area contributed by atoms with Gasteiger partial charge in [0.1, 0.15) is 0 Å². The van der Waals surface area contributed by atoms with E-state index in [9.17, 15) is 16.8 Å². The van der Waals surface area contributed by atoms with E-state index in [2.05, 4.69) is 8.37 Å². The van der Waals surface area contributed by atoms with E-state index in [1.807, 2.05) is 0 Å². The summed E-state index contributed by atoms with van der Waals surface area (Å²) in [6.45, 7) is 0.199. The molecule has 0 amide bonds. The van der Waals surface area contributed by atoms with Gasteiger partial charge in [-0.15, -0.1) is 0 Å². The number of hydrogen-bond acceptors (Lipinski definition) is 8. The van der Waals surface area contributed by atoms with E-state index in [-0.39, 0.29) is 26.3 Å². The summed E-state index contributed by atoms with van der Waals surface area (Å²) < 4.78 is 51.6. The summed E-state index contributed by atoms with van der Waals surface area (Å²) in [7, 11) is -5.59. The third-order valence-corrected chi connectivity index (χ3v) is 2.72. The fraction of sp³-hybridized carbons (Fsp3) is 1.00. The summed E-state index contributed by atoms with van der Waals surface area (Å²) in [6.07, 6.45) is 1.88. The Balaban J connectivity index is 3.85. The lowest BCUT2D eigenvalue weighted by molar-refractivity contribution is -0.139. The molecule has 0 aromatic heterocycles. The average Bonchev–Trinajstić information content (AvgIpc) is 2.11. The predicted octanol–water partition coefficient (Wildman–Crippen LogP) is -1.20. The highest BCUT2D eigenvalue weighted by molar-refractivity contribution is 7.86. The molecule has 0 spiro atoms. The van der Waals surface area contributed by atoms with E-state index in [0.29, 0.717) is 0 Å². The van der Waals surface area contributed by atoms with Crippen LogP contribution in [0, 0.1) is 0 Å². The van der Waals surface area contributed by atoms with Crippen molar-refractivity contribution in [3.8, 4) is 0 Å². The zero-order valence-electron chi connectivity index (χ0n) is 9.95. The molecular weight excluding hydrogens is 274 g/mol. The molecule has 0 aliphatic heterocycles. The summed E-state index contributed by atoms with van der Waals surface area (Å²) in [5.74, 6) is 0. The summed E-state index contributed by atoms with van der Waals surface area (Å²) in [4.78, 5) is 4.86. The second-order valence-electron chi connectivity index (χ2n) is 3.16. The summed E-state index contributed by atoms with van der Waals surface area (Å²) in [6, 6.07) is 0. The molecule has 104 valence electrons. The molecule has 0 radical (unpaired) electrons. The maximum atomic E-state index is 10.7. The molecule has 8 nitrogen and oxygen atoms in total. The van der Waals surface area contributed by atoms with Gasteiger partial charge in [0.15, 0.2) is 0 Å². The minimum Gasteiger partial charge on any atom is -0.302 e. The van der Waals surface area contributed by atoms with Gasteiger partial charge in [-0.05, 0) is 0 Å². The lowest BCUT2D eigenvalue weighted by Crippen LogP contribution is -2.31. The minimum absolute atomic E-state index is 0.0778. The lowest BCUT2D eigenvalue weighted by atomic mass is 10.6. The highest BCUT2D eigenvalue weighted by Gasteiger charge is 2.08. The molecule has 0 fully saturated rings. The first-order chi connectivity index (χ1) is 7.64. The highest BCUT2D eigenvalue weighted by Crippen LogP contribution is 1.94. The average molecular weight is 291 g/mol. The van der Waals surface area contributed by atoms with Gasteiger partial charge in [-0.2, -0.15) is 21.9 Å². The smallest absolute Gasteiger partial charge is 0.264 e. The van der Waals surface area contributed by atoms with Crippen molar-refractivity contribution >= 4 is 20.2 Å². The molecule has 0 N–H and O–H groups in total. The van der Waals surface area contributed by atoms with Crippen molar-refractivity contribution in [2.45, 2.75) is 0 Å². The Morgan fingerprint density at radius 1 is 0.882 bits per heavy atom. The molecule has 0 heterocycles. The fourth-order valence-corrected chi connectivity index (χ4v) is 1.63. The molecule has 17 heavy (non-hydrogen) atoms. The van der Waals surface area contributed by atoms with Crippen LogP contribution in [-0.2, 0) is 33.4 Å². The van der Waals surface area contributed by atoms with Crippen LogP contribution < -0.4 is 0 Å². The van der Waals surface area contributed by atoms with E-state index < -0.39 is 20.2 Å². The van der Waals surface area contributed by atoms with Crippen LogP contribution in [0.15, 0.2) is 0 Å². The molecule has 0 unspecified atom stereocenters. The third kappa shape index (κ3) is 12.0. The van der Waals surface area contributed by atoms with E-state index in [4.69, 9.17) is 4.84 Å². The highest BCUT2D eigenvalue weighted by atomic mass is 32.2. The molecule has 0 rings (SSSR count). The Labute approximate surface area is 102 Å². The zero-order chi connectivity index (χ0) is 13.5. The minimum atomic E-state index is -3.48. The van der Waals surface area contributed by atoms with Crippen molar-refractivity contribution in [3.05, 3.63) is 0 Å². The Hall–Kier alpha value is -0.260. The van der Waals surface area contributed by atoms with Crippen LogP contribution in [0.1, 0.15) is 0 Å². The van der Waals surface area contributed by atoms with Gasteiger partial charge in [0.2, 0.25) is 0 Å². The molecule has 0 aromatic carbocycles. The quantitative estimate of drug-likeness (QED) is 0.386. The van der Waals surface area contributed by atoms with Crippen LogP contribution in [0.2, 0.25) is 0 Å². The zero-order valence-corrected chi connectivity index (χ0v) is 11.6. The Morgan fingerprint density at radius 3 is 1.47 bits per heavy atom. The van der Waals surface area contributed by atoms with Crippen molar-refractivity contribution in [1.82, 2.24) is 5.06 Å². The Kier molecular flexibility index (Phi) is 7.13. The molecule has 0 saturated heterocycles. The van der Waals surface area contributed by atoms with Gasteiger partial charge in [-0.3, -0.25) is 8.37 Å². The first kappa shape index (κ1) is 16.7. The maximum Gasteiger partial charge on any atom is 0.264 e. The van der Waals surface area contributed by atoms with Crippen LogP contribution in [0.4, 0.5) is 0 Å². The topological polar surface area (TPSA) is 99.2 Å². The first-order valence-corrected chi connectivity index (χ1v) is 8.25. The Morgan fingerprint density at radius 2 is 1.24 bits per heavy atom. The van der Waals surface area contributed by atoms with Gasteiger partial charge in [0.25, 0.3) is 20.2 Å². The molecule has 0 saturated carbocycles. The predicted molar refractivity (Wildman–Crippen MR) is 60.2 cm³/mol. The van der Waals surface area contributed by atoms with Gasteiger partial charge in [-0.1, -0.05) is 0 Å². The van der Waals surface area contributed by atoms with E-state index in [1.54, 1.807) is 0 Å². The molecule has 10 heteroatoms. The molecule has 0 bridgehead atoms. The molecule has 0 atom stereocenters. The van der Waals surface area contributed by atoms with Crippen molar-refractivity contribution in [3.63, 3.8) is 0 Å². The monoisotopic (exact) mass is 291 g/mol. The Bertz CT molecular complexity index is 364. The van der Waals surface area contributed by atoms with Crippen molar-refractivity contribution in [2.75, 3.05) is 45.9 Å².